The molecule has 0 saturated carbocycles. The zero-order chi connectivity index (χ0) is 76.7. The molecule has 24 nitrogen and oxygen atoms in total. The van der Waals surface area contributed by atoms with Crippen molar-refractivity contribution in [1.82, 2.24) is 39.9 Å². The number of hydrogen-bond acceptors (Lipinski definition) is 18. The van der Waals surface area contributed by atoms with Crippen molar-refractivity contribution >= 4 is 137 Å². The van der Waals surface area contributed by atoms with E-state index in [1.807, 2.05) is 104 Å². The van der Waals surface area contributed by atoms with Crippen LogP contribution in [0.4, 0.5) is 0 Å². The number of fused-ring (bicyclic) bond motifs is 22. The summed E-state index contributed by atoms with van der Waals surface area (Å²) < 4.78 is 30.7. The van der Waals surface area contributed by atoms with Crippen molar-refractivity contribution in [2.24, 2.45) is 11.8 Å². The predicted octanol–water partition coefficient (Wildman–Crippen LogP) is 13.4. The first-order valence-electron chi connectivity index (χ1n) is 34.4. The maximum Gasteiger partial charge on any atom is 0.334 e. The molecule has 0 spiro atoms. The Kier molecular flexibility index (Phi) is 21.2. The highest BCUT2D eigenvalue weighted by Gasteiger charge is 2.55. The minimum atomic E-state index is -1.18. The van der Waals surface area contributed by atoms with Gasteiger partial charge in [0.1, 0.15) is 11.8 Å². The molecule has 6 N–H and O–H groups in total. The predicted molar refractivity (Wildman–Crippen MR) is 402 cm³/mol. The number of carbonyl (C=O) groups excluding carboxylic acids is 6. The Morgan fingerprint density at radius 3 is 1.12 bits per heavy atom. The number of aryl methyl sites for hydroxylation is 6. The maximum absolute atomic E-state index is 13.7. The number of carboxylic acid groups (broad SMARTS) is 2. The molecule has 0 radical (unpaired) electrons. The molecule has 6 aromatic heterocycles. The van der Waals surface area contributed by atoms with Gasteiger partial charge in [0, 0.05) is 80.9 Å². The molecule has 0 aromatic carbocycles. The summed E-state index contributed by atoms with van der Waals surface area (Å²) in [4.78, 5) is 136. The number of H-pyrrole nitrogens is 4. The zero-order valence-electron chi connectivity index (χ0n) is 61.7. The average Bonchev–Trinajstić information content (AvgIpc) is 1.53. The monoisotopic (exact) mass is 1440 g/mol. The molecule has 24 heteroatoms. The van der Waals surface area contributed by atoms with Gasteiger partial charge in [-0.2, -0.15) is 0 Å². The summed E-state index contributed by atoms with van der Waals surface area (Å²) in [5.74, 6) is -7.34. The van der Waals surface area contributed by atoms with Crippen LogP contribution >= 0.6 is 0 Å². The number of nitrogens with zero attached hydrogens (tertiary/aromatic N) is 4. The van der Waals surface area contributed by atoms with Crippen molar-refractivity contribution in [3.63, 3.8) is 0 Å². The van der Waals surface area contributed by atoms with Crippen LogP contribution in [-0.2, 0) is 90.4 Å². The number of aromatic amines is 4. The Bertz CT molecular complexity index is 5410. The molecule has 6 aliphatic rings. The van der Waals surface area contributed by atoms with Crippen molar-refractivity contribution in [3.05, 3.63) is 187 Å². The zero-order valence-corrected chi connectivity index (χ0v) is 61.7. The fourth-order valence-electron chi connectivity index (χ4n) is 15.4. The number of esters is 6. The van der Waals surface area contributed by atoms with Crippen molar-refractivity contribution in [3.8, 4) is 0 Å². The number of carbonyl (C=O) groups is 8. The lowest BCUT2D eigenvalue weighted by Gasteiger charge is -2.36. The molecule has 106 heavy (non-hydrogen) atoms. The van der Waals surface area contributed by atoms with Crippen molar-refractivity contribution in [1.29, 1.82) is 0 Å². The highest BCUT2D eigenvalue weighted by Crippen LogP contribution is 2.54. The second-order valence-electron chi connectivity index (χ2n) is 27.0. The van der Waals surface area contributed by atoms with Gasteiger partial charge in [-0.3, -0.25) is 38.7 Å². The lowest BCUT2D eigenvalue weighted by molar-refractivity contribution is -0.149. The van der Waals surface area contributed by atoms with Crippen molar-refractivity contribution < 1.29 is 77.0 Å². The van der Waals surface area contributed by atoms with Gasteiger partial charge in [-0.25, -0.2) is 19.6 Å². The number of carboxylic acids is 2. The summed E-state index contributed by atoms with van der Waals surface area (Å²) in [6.45, 7) is 23.6. The molecule has 0 saturated heterocycles. The fourth-order valence-corrected chi connectivity index (χ4v) is 15.4. The average molecular weight is 1440 g/mol. The third-order valence-corrected chi connectivity index (χ3v) is 21.4. The van der Waals surface area contributed by atoms with Crippen LogP contribution in [-0.4, -0.2) is 140 Å². The first-order chi connectivity index (χ1) is 50.5. The second-order valence-corrected chi connectivity index (χ2v) is 27.0. The van der Waals surface area contributed by atoms with E-state index in [0.29, 0.717) is 91.6 Å². The Balaban J connectivity index is 0.000000212. The Morgan fingerprint density at radius 1 is 0.415 bits per heavy atom. The van der Waals surface area contributed by atoms with Crippen LogP contribution in [0.25, 0.3) is 89.7 Å². The Morgan fingerprint density at radius 2 is 0.755 bits per heavy atom. The number of rotatable bonds is 18. The molecule has 0 amide bonds. The molecular formula is C82H84N8O16. The smallest absolute Gasteiger partial charge is 0.334 e. The molecular weight excluding hydrogens is 1350 g/mol. The Hall–Kier alpha value is -12.1. The van der Waals surface area contributed by atoms with E-state index in [2.05, 4.69) is 33.1 Å². The molecule has 0 unspecified atom stereocenters. The SMILES string of the molecule is C=Cc1c(C)c2cc3nc(cc4[nH]c(cc5nc(cc1[nH]2)C(C)=C5CCC(=O)O)c(CCC(=O)OC)c4C)[C@@]1(C)C3=CC=C(C(=O)OC)[C@H]1C(=O)OC.C=Cc1c(C)c2cc3nc(cc4[nH]c(cc5nc(cc1[nH]2)C(C)=C5CCC(=O)OC)c(CCC(=O)O)c4C)[C@@]1(C)C3=CC=C(C(=O)OC)[C@H]1C(=O)OC. The number of nitrogens with one attached hydrogen (secondary N) is 4. The van der Waals surface area contributed by atoms with E-state index in [9.17, 15) is 48.6 Å². The number of ether oxygens (including phenoxy) is 6. The molecule has 10 heterocycles. The highest BCUT2D eigenvalue weighted by atomic mass is 16.5. The van der Waals surface area contributed by atoms with Gasteiger partial charge in [0.15, 0.2) is 0 Å². The van der Waals surface area contributed by atoms with Gasteiger partial charge >= 0.3 is 47.8 Å². The summed E-state index contributed by atoms with van der Waals surface area (Å²) in [5, 5.41) is 19.3. The lowest BCUT2D eigenvalue weighted by atomic mass is 9.64. The molecule has 16 bridgehead atoms. The largest absolute Gasteiger partial charge is 0.481 e. The summed E-state index contributed by atoms with van der Waals surface area (Å²) in [5.41, 5.74) is 19.8. The third kappa shape index (κ3) is 13.4. The Labute approximate surface area is 610 Å². The fraction of sp³-hybridized carbons (Fsp3) is 0.317. The van der Waals surface area contributed by atoms with Crippen LogP contribution in [0.2, 0.25) is 0 Å². The first kappa shape index (κ1) is 75.1. The molecule has 548 valence electrons. The number of hydrogen-bond donors (Lipinski definition) is 6. The van der Waals surface area contributed by atoms with Crippen molar-refractivity contribution in [2.75, 3.05) is 42.7 Å². The molecule has 0 fully saturated rings. The van der Waals surface area contributed by atoms with Crippen LogP contribution < -0.4 is 0 Å². The van der Waals surface area contributed by atoms with Crippen LogP contribution in [0, 0.1) is 39.5 Å². The minimum Gasteiger partial charge on any atom is -0.481 e. The van der Waals surface area contributed by atoms with Crippen LogP contribution in [0.5, 0.6) is 0 Å². The summed E-state index contributed by atoms with van der Waals surface area (Å²) in [6.07, 6.45) is 11.6. The number of methoxy groups -OCH3 is 6. The van der Waals surface area contributed by atoms with E-state index < -0.39 is 58.5 Å². The van der Waals surface area contributed by atoms with Gasteiger partial charge in [-0.1, -0.05) is 49.6 Å². The molecule has 4 aliphatic heterocycles. The van der Waals surface area contributed by atoms with Gasteiger partial charge in [-0.05, 0) is 196 Å². The summed E-state index contributed by atoms with van der Waals surface area (Å²) >= 11 is 0. The lowest BCUT2D eigenvalue weighted by Crippen LogP contribution is -2.42. The van der Waals surface area contributed by atoms with E-state index >= 15 is 0 Å². The standard InChI is InChI=1S/2C41H42N4O8/c1-9-23-20(2)29-17-34-27-13-10-26(39(49)52-7)38(40(50)53-8)41(27,5)35(45-34)19-30-22(4)24(11-14-36(46)47)32(44-30)18-33-25(12-15-37(48)51-6)21(3)28(43-33)16-31(23)42-29;1-9-23-20(2)29-17-34-27-13-10-26(39(49)52-7)38(40(50)53-8)41(27,5)35(45-34)19-30-22(4)25(12-15-37(48)51-6)33(44-30)18-32-24(11-14-36(46)47)21(3)28(43-32)16-31(23)42-29/h2*9-10,13,16-19,38,42,44H,1,11-12,14-15H2,2-8H3,(H,46,47)/t2*38-,41+/m00/s1. The van der Waals surface area contributed by atoms with Gasteiger partial charge in [0.05, 0.1) is 110 Å². The second kappa shape index (κ2) is 29.9. The van der Waals surface area contributed by atoms with Crippen molar-refractivity contribution in [2.45, 2.75) is 118 Å². The molecule has 6 aromatic rings. The van der Waals surface area contributed by atoms with Crippen LogP contribution in [0.15, 0.2) is 97.1 Å². The number of aliphatic carboxylic acids is 2. The summed E-state index contributed by atoms with van der Waals surface area (Å²) in [6, 6.07) is 15.2. The van der Waals surface area contributed by atoms with E-state index in [0.717, 1.165) is 88.9 Å². The van der Waals surface area contributed by atoms with E-state index in [1.54, 1.807) is 36.5 Å². The van der Waals surface area contributed by atoms with E-state index in [4.69, 9.17) is 48.4 Å². The van der Waals surface area contributed by atoms with Gasteiger partial charge in [-0.15, -0.1) is 0 Å². The van der Waals surface area contributed by atoms with Crippen LogP contribution in [0.3, 0.4) is 0 Å². The molecule has 4 atom stereocenters. The number of allylic oxidation sites excluding steroid dienone is 10. The summed E-state index contributed by atoms with van der Waals surface area (Å²) in [7, 11) is 7.78. The maximum atomic E-state index is 13.7. The van der Waals surface area contributed by atoms with E-state index in [-0.39, 0.29) is 61.6 Å². The van der Waals surface area contributed by atoms with Gasteiger partial charge in [0.25, 0.3) is 0 Å². The quantitative estimate of drug-likeness (QED) is 0.0344. The van der Waals surface area contributed by atoms with E-state index in [1.165, 1.54) is 42.7 Å². The first-order valence-corrected chi connectivity index (χ1v) is 34.4. The van der Waals surface area contributed by atoms with Crippen LogP contribution in [0.1, 0.15) is 156 Å². The van der Waals surface area contributed by atoms with Gasteiger partial charge in [0.2, 0.25) is 0 Å². The molecule has 2 aliphatic carbocycles. The topological polar surface area (TPSA) is 347 Å². The highest BCUT2D eigenvalue weighted by molar-refractivity contribution is 6.04. The minimum absolute atomic E-state index is 0.0837. The molecule has 12 rings (SSSR count). The third-order valence-electron chi connectivity index (χ3n) is 21.4. The normalized spacial score (nSPS) is 17.8. The van der Waals surface area contributed by atoms with Gasteiger partial charge < -0.3 is 58.6 Å². The number of aromatic nitrogens is 8.